The van der Waals surface area contributed by atoms with Crippen LogP contribution in [0.2, 0.25) is 0 Å². The normalized spacial score (nSPS) is 23.0. The standard InChI is InChI=1S/C17H15F3N4O2/c1-10-2-3-11(6-13(10)24-5-4-21-9-24)14-22-15(26-23-14)12-7-16(25,8-12)17(18,19)20/h2-6,9,12,25H,7-8H2,1H3/p+1. The van der Waals surface area contributed by atoms with Crippen LogP contribution in [0.4, 0.5) is 13.2 Å². The molecule has 1 saturated carbocycles. The van der Waals surface area contributed by atoms with Crippen LogP contribution in [0.1, 0.15) is 30.2 Å². The molecule has 0 aliphatic heterocycles. The zero-order valence-corrected chi connectivity index (χ0v) is 13.8. The number of aryl methyl sites for hydroxylation is 1. The summed E-state index contributed by atoms with van der Waals surface area (Å²) >= 11 is 0. The first-order valence-electron chi connectivity index (χ1n) is 8.05. The van der Waals surface area contributed by atoms with Crippen molar-refractivity contribution in [1.82, 2.24) is 15.1 Å². The van der Waals surface area contributed by atoms with Crippen LogP contribution in [-0.4, -0.2) is 32.0 Å². The van der Waals surface area contributed by atoms with Crippen molar-refractivity contribution in [3.05, 3.63) is 48.4 Å². The molecular weight excluding hydrogens is 349 g/mol. The van der Waals surface area contributed by atoms with Crippen LogP contribution in [-0.2, 0) is 0 Å². The van der Waals surface area contributed by atoms with Gasteiger partial charge in [-0.3, -0.25) is 0 Å². The van der Waals surface area contributed by atoms with E-state index in [-0.39, 0.29) is 5.89 Å². The van der Waals surface area contributed by atoms with Gasteiger partial charge in [0.25, 0.3) is 0 Å². The van der Waals surface area contributed by atoms with Gasteiger partial charge in [-0.1, -0.05) is 17.3 Å². The Morgan fingerprint density at radius 1 is 1.35 bits per heavy atom. The molecule has 0 bridgehead atoms. The number of aromatic amines is 1. The fourth-order valence-electron chi connectivity index (χ4n) is 3.15. The van der Waals surface area contributed by atoms with Crippen LogP contribution in [0.3, 0.4) is 0 Å². The van der Waals surface area contributed by atoms with Crippen molar-refractivity contribution in [2.75, 3.05) is 0 Å². The second kappa shape index (κ2) is 5.66. The molecule has 26 heavy (non-hydrogen) atoms. The van der Waals surface area contributed by atoms with Gasteiger partial charge in [-0.15, -0.1) is 0 Å². The van der Waals surface area contributed by atoms with Crippen LogP contribution in [0.5, 0.6) is 0 Å². The van der Waals surface area contributed by atoms with E-state index in [9.17, 15) is 18.3 Å². The number of H-pyrrole nitrogens is 1. The number of alkyl halides is 3. The zero-order chi connectivity index (χ0) is 18.5. The summed E-state index contributed by atoms with van der Waals surface area (Å²) in [6.45, 7) is 1.97. The highest BCUT2D eigenvalue weighted by Crippen LogP contribution is 2.52. The van der Waals surface area contributed by atoms with Crippen LogP contribution in [0, 0.1) is 6.92 Å². The van der Waals surface area contributed by atoms with Crippen molar-refractivity contribution in [3.8, 4) is 17.1 Å². The van der Waals surface area contributed by atoms with Crippen LogP contribution in [0.25, 0.3) is 17.1 Å². The number of halogens is 3. The minimum absolute atomic E-state index is 0.116. The average Bonchev–Trinajstić information content (AvgIpc) is 3.23. The van der Waals surface area contributed by atoms with Gasteiger partial charge in [0.15, 0.2) is 5.60 Å². The largest absolute Gasteiger partial charge is 0.417 e. The van der Waals surface area contributed by atoms with Crippen LogP contribution < -0.4 is 4.57 Å². The Balaban J connectivity index is 1.57. The highest BCUT2D eigenvalue weighted by molar-refractivity contribution is 5.58. The molecular formula is C17H16F3N4O2+. The summed E-state index contributed by atoms with van der Waals surface area (Å²) < 4.78 is 45.3. The maximum Gasteiger partial charge on any atom is 0.417 e. The van der Waals surface area contributed by atoms with Crippen LogP contribution in [0.15, 0.2) is 41.4 Å². The highest BCUT2D eigenvalue weighted by Gasteiger charge is 2.62. The Morgan fingerprint density at radius 3 is 2.77 bits per heavy atom. The van der Waals surface area contributed by atoms with Crippen molar-refractivity contribution >= 4 is 0 Å². The number of hydrogen-bond donors (Lipinski definition) is 2. The Hall–Kier alpha value is -2.68. The van der Waals surface area contributed by atoms with E-state index in [1.165, 1.54) is 0 Å². The van der Waals surface area contributed by atoms with E-state index in [4.69, 9.17) is 4.52 Å². The topological polar surface area (TPSA) is 78.8 Å². The molecule has 9 heteroatoms. The van der Waals surface area contributed by atoms with Gasteiger partial charge in [0.05, 0.1) is 0 Å². The lowest BCUT2D eigenvalue weighted by Crippen LogP contribution is -2.54. The van der Waals surface area contributed by atoms with Crippen molar-refractivity contribution < 1.29 is 27.4 Å². The third-order valence-electron chi connectivity index (χ3n) is 4.78. The number of hydrogen-bond acceptors (Lipinski definition) is 4. The maximum atomic E-state index is 12.7. The quantitative estimate of drug-likeness (QED) is 0.700. The molecule has 2 heterocycles. The van der Waals surface area contributed by atoms with Gasteiger partial charge in [-0.25, -0.2) is 9.55 Å². The molecule has 0 saturated heterocycles. The van der Waals surface area contributed by atoms with Gasteiger partial charge < -0.3 is 9.63 Å². The summed E-state index contributed by atoms with van der Waals surface area (Å²) in [5, 5.41) is 13.4. The molecule has 1 aliphatic carbocycles. The van der Waals surface area contributed by atoms with Crippen molar-refractivity contribution in [2.45, 2.75) is 37.5 Å². The molecule has 3 aromatic rings. The van der Waals surface area contributed by atoms with E-state index in [0.29, 0.717) is 11.4 Å². The summed E-state index contributed by atoms with van der Waals surface area (Å²) in [5.41, 5.74) is -0.00459. The lowest BCUT2D eigenvalue weighted by molar-refractivity contribution is -0.594. The zero-order valence-electron chi connectivity index (χ0n) is 13.8. The van der Waals surface area contributed by atoms with E-state index in [1.54, 1.807) is 12.5 Å². The van der Waals surface area contributed by atoms with Gasteiger partial charge in [0.2, 0.25) is 18.0 Å². The molecule has 6 nitrogen and oxygen atoms in total. The molecule has 4 rings (SSSR count). The van der Waals surface area contributed by atoms with Gasteiger partial charge in [-0.2, -0.15) is 18.2 Å². The van der Waals surface area contributed by atoms with Crippen molar-refractivity contribution in [3.63, 3.8) is 0 Å². The second-order valence-corrected chi connectivity index (χ2v) is 6.61. The molecule has 2 N–H and O–H groups in total. The Morgan fingerprint density at radius 2 is 2.12 bits per heavy atom. The summed E-state index contributed by atoms with van der Waals surface area (Å²) in [4.78, 5) is 7.20. The third kappa shape index (κ3) is 2.68. The smallest absolute Gasteiger partial charge is 0.380 e. The molecule has 0 atom stereocenters. The van der Waals surface area contributed by atoms with Crippen molar-refractivity contribution in [2.24, 2.45) is 0 Å². The molecule has 136 valence electrons. The SMILES string of the molecule is Cc1ccc(-c2noc(C3CC(O)(C(F)(F)F)C3)n2)cc1-[n+]1cc[nH]c1. The Labute approximate surface area is 146 Å². The lowest BCUT2D eigenvalue weighted by atomic mass is 9.70. The minimum Gasteiger partial charge on any atom is -0.380 e. The number of nitrogens with one attached hydrogen (secondary N) is 1. The number of rotatable bonds is 3. The molecule has 0 radical (unpaired) electrons. The number of benzene rings is 1. The molecule has 1 aromatic carbocycles. The summed E-state index contributed by atoms with van der Waals surface area (Å²) in [5.74, 6) is -0.169. The summed E-state index contributed by atoms with van der Waals surface area (Å²) in [6, 6.07) is 5.62. The molecule has 1 fully saturated rings. The third-order valence-corrected chi connectivity index (χ3v) is 4.78. The number of nitrogens with zero attached hydrogens (tertiary/aromatic N) is 3. The number of imidazole rings is 1. The molecule has 1 aliphatic rings. The van der Waals surface area contributed by atoms with Gasteiger partial charge >= 0.3 is 6.18 Å². The summed E-state index contributed by atoms with van der Waals surface area (Å²) in [6.07, 6.45) is -0.129. The fraction of sp³-hybridized carbons (Fsp3) is 0.353. The first kappa shape index (κ1) is 16.8. The average molecular weight is 365 g/mol. The van der Waals surface area contributed by atoms with Crippen LogP contribution >= 0.6 is 0 Å². The fourth-order valence-corrected chi connectivity index (χ4v) is 3.15. The van der Waals surface area contributed by atoms with Gasteiger partial charge in [-0.05, 0) is 31.4 Å². The number of aliphatic hydroxyl groups is 1. The second-order valence-electron chi connectivity index (χ2n) is 6.61. The predicted molar refractivity (Wildman–Crippen MR) is 83.3 cm³/mol. The number of aromatic nitrogens is 4. The molecule has 0 spiro atoms. The van der Waals surface area contributed by atoms with E-state index in [0.717, 1.165) is 11.3 Å². The van der Waals surface area contributed by atoms with E-state index >= 15 is 0 Å². The Bertz CT molecular complexity index is 928. The summed E-state index contributed by atoms with van der Waals surface area (Å²) in [7, 11) is 0. The molecule has 2 aromatic heterocycles. The molecule has 0 amide bonds. The Kier molecular flexibility index (Phi) is 3.65. The lowest BCUT2D eigenvalue weighted by Gasteiger charge is -2.42. The van der Waals surface area contributed by atoms with Gasteiger partial charge in [0.1, 0.15) is 18.1 Å². The monoisotopic (exact) mass is 365 g/mol. The minimum atomic E-state index is -4.65. The van der Waals surface area contributed by atoms with E-state index < -0.39 is 30.5 Å². The highest BCUT2D eigenvalue weighted by atomic mass is 19.4. The van der Waals surface area contributed by atoms with Gasteiger partial charge in [0, 0.05) is 11.5 Å². The van der Waals surface area contributed by atoms with E-state index in [2.05, 4.69) is 15.1 Å². The van der Waals surface area contributed by atoms with E-state index in [1.807, 2.05) is 35.9 Å². The first-order chi connectivity index (χ1) is 12.3. The predicted octanol–water partition coefficient (Wildman–Crippen LogP) is 2.82. The van der Waals surface area contributed by atoms with Crippen molar-refractivity contribution in [1.29, 1.82) is 0 Å². The molecule has 0 unspecified atom stereocenters. The maximum absolute atomic E-state index is 12.7. The first-order valence-corrected chi connectivity index (χ1v) is 8.05.